The molecule has 0 aliphatic heterocycles. The van der Waals surface area contributed by atoms with E-state index in [1.54, 1.807) is 46.9 Å². The van der Waals surface area contributed by atoms with Crippen LogP contribution in [0, 0.1) is 0 Å². The van der Waals surface area contributed by atoms with Crippen LogP contribution in [0.2, 0.25) is 0 Å². The zero-order valence-corrected chi connectivity index (χ0v) is 21.4. The van der Waals surface area contributed by atoms with Crippen molar-refractivity contribution >= 4 is 43.8 Å². The van der Waals surface area contributed by atoms with Crippen molar-refractivity contribution in [3.05, 3.63) is 53.9 Å². The van der Waals surface area contributed by atoms with Crippen molar-refractivity contribution in [2.24, 2.45) is 0 Å². The zero-order chi connectivity index (χ0) is 25.2. The van der Waals surface area contributed by atoms with Crippen LogP contribution in [0.1, 0.15) is 0 Å². The average Bonchev–Trinajstić information content (AvgIpc) is 3.35. The van der Waals surface area contributed by atoms with E-state index in [1.165, 1.54) is 4.70 Å². The SMILES string of the molecule is COc1cc2nc(-c3csc4ccccc34)nc(Nc3cc(OC)c(OC)c(OC)c3)c2cc1OC. The molecule has 2 heterocycles. The Hall–Kier alpha value is -4.24. The summed E-state index contributed by atoms with van der Waals surface area (Å²) in [5.74, 6) is 3.93. The summed E-state index contributed by atoms with van der Waals surface area (Å²) in [6.45, 7) is 0. The number of hydrogen-bond donors (Lipinski definition) is 1. The van der Waals surface area contributed by atoms with Gasteiger partial charge in [0.1, 0.15) is 5.82 Å². The molecule has 5 aromatic rings. The summed E-state index contributed by atoms with van der Waals surface area (Å²) in [6.07, 6.45) is 0. The lowest BCUT2D eigenvalue weighted by Crippen LogP contribution is -2.02. The van der Waals surface area contributed by atoms with Gasteiger partial charge in [-0.25, -0.2) is 9.97 Å². The van der Waals surface area contributed by atoms with Crippen LogP contribution in [0.5, 0.6) is 28.7 Å². The Kier molecular flexibility index (Phi) is 6.39. The number of aromatic nitrogens is 2. The molecular formula is C27H25N3O5S. The molecule has 0 spiro atoms. The summed E-state index contributed by atoms with van der Waals surface area (Å²) in [4.78, 5) is 9.85. The lowest BCUT2D eigenvalue weighted by atomic mass is 10.1. The summed E-state index contributed by atoms with van der Waals surface area (Å²) in [5.41, 5.74) is 2.38. The van der Waals surface area contributed by atoms with Gasteiger partial charge in [0.25, 0.3) is 0 Å². The van der Waals surface area contributed by atoms with Crippen LogP contribution in [0.15, 0.2) is 53.9 Å². The van der Waals surface area contributed by atoms with Crippen LogP contribution in [0.3, 0.4) is 0 Å². The smallest absolute Gasteiger partial charge is 0.203 e. The Morgan fingerprint density at radius 1 is 0.694 bits per heavy atom. The lowest BCUT2D eigenvalue weighted by Gasteiger charge is -2.17. The monoisotopic (exact) mass is 503 g/mol. The van der Waals surface area contributed by atoms with Crippen molar-refractivity contribution in [2.75, 3.05) is 40.9 Å². The van der Waals surface area contributed by atoms with E-state index in [1.807, 2.05) is 36.4 Å². The Morgan fingerprint density at radius 3 is 2.03 bits per heavy atom. The Labute approximate surface area is 212 Å². The predicted octanol–water partition coefficient (Wildman–Crippen LogP) is 6.30. The van der Waals surface area contributed by atoms with Crippen molar-refractivity contribution in [3.8, 4) is 40.1 Å². The highest BCUT2D eigenvalue weighted by atomic mass is 32.1. The highest BCUT2D eigenvalue weighted by molar-refractivity contribution is 7.17. The molecule has 0 amide bonds. The minimum Gasteiger partial charge on any atom is -0.493 e. The van der Waals surface area contributed by atoms with Gasteiger partial charge >= 0.3 is 0 Å². The third-order valence-corrected chi connectivity index (χ3v) is 6.81. The molecule has 184 valence electrons. The predicted molar refractivity (Wildman–Crippen MR) is 143 cm³/mol. The first-order valence-electron chi connectivity index (χ1n) is 11.1. The molecule has 0 saturated heterocycles. The van der Waals surface area contributed by atoms with Crippen molar-refractivity contribution in [3.63, 3.8) is 0 Å². The molecule has 0 aliphatic rings. The number of rotatable bonds is 8. The Balaban J connectivity index is 1.73. The van der Waals surface area contributed by atoms with Gasteiger partial charge in [-0.2, -0.15) is 0 Å². The molecule has 0 aliphatic carbocycles. The van der Waals surface area contributed by atoms with E-state index in [0.717, 1.165) is 16.3 Å². The van der Waals surface area contributed by atoms with Crippen molar-refractivity contribution in [1.82, 2.24) is 9.97 Å². The van der Waals surface area contributed by atoms with Gasteiger partial charge < -0.3 is 29.0 Å². The molecule has 9 heteroatoms. The zero-order valence-electron chi connectivity index (χ0n) is 20.5. The average molecular weight is 504 g/mol. The van der Waals surface area contributed by atoms with Gasteiger partial charge in [-0.05, 0) is 12.1 Å². The van der Waals surface area contributed by atoms with E-state index in [0.29, 0.717) is 51.6 Å². The van der Waals surface area contributed by atoms with E-state index >= 15 is 0 Å². The molecule has 3 aromatic carbocycles. The normalized spacial score (nSPS) is 10.9. The maximum atomic E-state index is 5.55. The van der Waals surface area contributed by atoms with E-state index in [2.05, 4.69) is 22.8 Å². The van der Waals surface area contributed by atoms with Crippen LogP contribution >= 0.6 is 11.3 Å². The maximum Gasteiger partial charge on any atom is 0.203 e. The van der Waals surface area contributed by atoms with Gasteiger partial charge in [0, 0.05) is 50.3 Å². The molecule has 5 rings (SSSR count). The molecule has 0 atom stereocenters. The number of hydrogen-bond acceptors (Lipinski definition) is 9. The van der Waals surface area contributed by atoms with E-state index in [4.69, 9.17) is 33.7 Å². The molecule has 8 nitrogen and oxygen atoms in total. The fraction of sp³-hybridized carbons (Fsp3) is 0.185. The van der Waals surface area contributed by atoms with Gasteiger partial charge in [-0.1, -0.05) is 18.2 Å². The van der Waals surface area contributed by atoms with Gasteiger partial charge in [0.15, 0.2) is 28.8 Å². The van der Waals surface area contributed by atoms with Crippen molar-refractivity contribution in [2.45, 2.75) is 0 Å². The van der Waals surface area contributed by atoms with Crippen molar-refractivity contribution in [1.29, 1.82) is 0 Å². The van der Waals surface area contributed by atoms with Gasteiger partial charge in [-0.15, -0.1) is 11.3 Å². The van der Waals surface area contributed by atoms with Crippen LogP contribution < -0.4 is 29.0 Å². The highest BCUT2D eigenvalue weighted by Gasteiger charge is 2.18. The summed E-state index contributed by atoms with van der Waals surface area (Å²) < 4.78 is 28.8. The number of thiophene rings is 1. The molecule has 36 heavy (non-hydrogen) atoms. The van der Waals surface area contributed by atoms with Crippen LogP contribution in [0.25, 0.3) is 32.4 Å². The first-order chi connectivity index (χ1) is 17.6. The van der Waals surface area contributed by atoms with E-state index < -0.39 is 0 Å². The minimum absolute atomic E-state index is 0.509. The first kappa shape index (κ1) is 23.5. The van der Waals surface area contributed by atoms with Gasteiger partial charge in [-0.3, -0.25) is 0 Å². The topological polar surface area (TPSA) is 84.0 Å². The number of nitrogens with one attached hydrogen (secondary N) is 1. The number of ether oxygens (including phenoxy) is 5. The fourth-order valence-corrected chi connectivity index (χ4v) is 5.05. The molecule has 0 radical (unpaired) electrons. The number of methoxy groups -OCH3 is 5. The summed E-state index contributed by atoms with van der Waals surface area (Å²) in [5, 5.41) is 7.37. The molecule has 1 N–H and O–H groups in total. The summed E-state index contributed by atoms with van der Waals surface area (Å²) in [6, 6.07) is 15.6. The minimum atomic E-state index is 0.509. The second-order valence-corrected chi connectivity index (χ2v) is 8.72. The molecule has 0 saturated carbocycles. The highest BCUT2D eigenvalue weighted by Crippen LogP contribution is 2.42. The molecule has 2 aromatic heterocycles. The summed E-state index contributed by atoms with van der Waals surface area (Å²) in [7, 11) is 7.94. The fourth-order valence-electron chi connectivity index (χ4n) is 4.11. The summed E-state index contributed by atoms with van der Waals surface area (Å²) >= 11 is 1.66. The van der Waals surface area contributed by atoms with Gasteiger partial charge in [0.2, 0.25) is 5.75 Å². The first-order valence-corrected chi connectivity index (χ1v) is 12.0. The number of anilines is 2. The molecular weight excluding hydrogens is 478 g/mol. The second kappa shape index (κ2) is 9.79. The number of benzene rings is 3. The van der Waals surface area contributed by atoms with E-state index in [-0.39, 0.29) is 0 Å². The van der Waals surface area contributed by atoms with Crippen LogP contribution in [-0.2, 0) is 0 Å². The number of nitrogens with zero attached hydrogens (tertiary/aromatic N) is 2. The largest absolute Gasteiger partial charge is 0.493 e. The molecule has 0 fully saturated rings. The second-order valence-electron chi connectivity index (χ2n) is 7.80. The van der Waals surface area contributed by atoms with Crippen LogP contribution in [-0.4, -0.2) is 45.5 Å². The quantitative estimate of drug-likeness (QED) is 0.264. The maximum absolute atomic E-state index is 5.55. The number of fused-ring (bicyclic) bond motifs is 2. The lowest BCUT2D eigenvalue weighted by molar-refractivity contribution is 0.324. The van der Waals surface area contributed by atoms with E-state index in [9.17, 15) is 0 Å². The van der Waals surface area contributed by atoms with Gasteiger partial charge in [0.05, 0.1) is 41.1 Å². The standard InChI is InChI=1S/C27H25N3O5S/c1-31-20-12-17-19(13-21(20)32-2)29-27(18-14-36-24-9-7-6-8-16(18)24)30-26(17)28-15-10-22(33-3)25(35-5)23(11-15)34-4/h6-14H,1-5H3,(H,28,29,30). The molecule has 0 bridgehead atoms. The Bertz CT molecular complexity index is 1540. The third-order valence-electron chi connectivity index (χ3n) is 5.85. The Morgan fingerprint density at radius 2 is 1.36 bits per heavy atom. The van der Waals surface area contributed by atoms with Crippen LogP contribution in [0.4, 0.5) is 11.5 Å². The third kappa shape index (κ3) is 4.07. The van der Waals surface area contributed by atoms with Crippen molar-refractivity contribution < 1.29 is 23.7 Å². The molecule has 0 unspecified atom stereocenters.